The number of ether oxygens (including phenoxy) is 3. The van der Waals surface area contributed by atoms with Crippen molar-refractivity contribution in [3.8, 4) is 0 Å². The molecule has 0 rings (SSSR count). The van der Waals surface area contributed by atoms with Gasteiger partial charge >= 0.3 is 17.9 Å². The lowest BCUT2D eigenvalue weighted by Crippen LogP contribution is -2.30. The molecule has 0 heterocycles. The minimum Gasteiger partial charge on any atom is -0.462 e. The van der Waals surface area contributed by atoms with Crippen LogP contribution in [0.15, 0.2) is 134 Å². The Hall–Kier alpha value is -4.45. The van der Waals surface area contributed by atoms with Crippen LogP contribution in [0.1, 0.15) is 207 Å². The van der Waals surface area contributed by atoms with Crippen LogP contribution in [-0.4, -0.2) is 37.2 Å². The van der Waals surface area contributed by atoms with Crippen LogP contribution in [0.5, 0.6) is 0 Å². The molecule has 6 heteroatoms. The summed E-state index contributed by atoms with van der Waals surface area (Å²) in [6.07, 6.45) is 74.3. The van der Waals surface area contributed by atoms with Crippen molar-refractivity contribution in [2.45, 2.75) is 213 Å². The first-order chi connectivity index (χ1) is 32.5. The molecule has 1 unspecified atom stereocenters. The predicted octanol–water partition coefficient (Wildman–Crippen LogP) is 17.5. The SMILES string of the molecule is CC\C=C/C=C\C=C/C=C\C=C\C=C/CCCCCC(=O)OC(COC(=O)CCCCCCC\C=C/C=C\C=C/CC)COC(=O)CCCCCCC/C=C\C=C/CCCCCCCCC. The Kier molecular flexibility index (Phi) is 49.6. The zero-order chi connectivity index (χ0) is 47.9. The van der Waals surface area contributed by atoms with Gasteiger partial charge in [0.1, 0.15) is 13.2 Å². The fourth-order valence-electron chi connectivity index (χ4n) is 6.70. The van der Waals surface area contributed by atoms with Crippen molar-refractivity contribution < 1.29 is 28.6 Å². The third-order valence-corrected chi connectivity index (χ3v) is 10.6. The van der Waals surface area contributed by atoms with E-state index in [4.69, 9.17) is 14.2 Å². The second-order valence-electron chi connectivity index (χ2n) is 16.9. The third kappa shape index (κ3) is 50.5. The molecule has 0 spiro atoms. The maximum absolute atomic E-state index is 12.8. The second kappa shape index (κ2) is 53.2. The van der Waals surface area contributed by atoms with Crippen LogP contribution in [-0.2, 0) is 28.6 Å². The summed E-state index contributed by atoms with van der Waals surface area (Å²) in [4.78, 5) is 38.0. The van der Waals surface area contributed by atoms with Crippen LogP contribution in [0.25, 0.3) is 0 Å². The maximum atomic E-state index is 12.8. The lowest BCUT2D eigenvalue weighted by atomic mass is 10.1. The van der Waals surface area contributed by atoms with Crippen molar-refractivity contribution in [2.75, 3.05) is 13.2 Å². The van der Waals surface area contributed by atoms with E-state index >= 15 is 0 Å². The molecular formula is C60H94O6. The highest BCUT2D eigenvalue weighted by Crippen LogP contribution is 2.13. The number of unbranched alkanes of at least 4 members (excludes halogenated alkanes) is 20. The fourth-order valence-corrected chi connectivity index (χ4v) is 6.70. The summed E-state index contributed by atoms with van der Waals surface area (Å²) in [5, 5.41) is 0. The van der Waals surface area contributed by atoms with E-state index in [0.717, 1.165) is 109 Å². The van der Waals surface area contributed by atoms with E-state index in [-0.39, 0.29) is 37.5 Å². The molecule has 0 aromatic rings. The smallest absolute Gasteiger partial charge is 0.306 e. The summed E-state index contributed by atoms with van der Waals surface area (Å²) >= 11 is 0. The molecule has 0 aliphatic rings. The van der Waals surface area contributed by atoms with Crippen LogP contribution in [0.3, 0.4) is 0 Å². The van der Waals surface area contributed by atoms with E-state index in [1.165, 1.54) is 51.4 Å². The number of esters is 3. The van der Waals surface area contributed by atoms with E-state index in [2.05, 4.69) is 87.6 Å². The highest BCUT2D eigenvalue weighted by molar-refractivity contribution is 5.71. The first kappa shape index (κ1) is 61.5. The maximum Gasteiger partial charge on any atom is 0.306 e. The van der Waals surface area contributed by atoms with E-state index in [9.17, 15) is 14.4 Å². The summed E-state index contributed by atoms with van der Waals surface area (Å²) in [5.74, 6) is -1.00. The minimum atomic E-state index is -0.821. The zero-order valence-electron chi connectivity index (χ0n) is 42.1. The minimum absolute atomic E-state index is 0.116. The van der Waals surface area contributed by atoms with Gasteiger partial charge in [0.05, 0.1) is 0 Å². The Morgan fingerprint density at radius 2 is 0.591 bits per heavy atom. The summed E-state index contributed by atoms with van der Waals surface area (Å²) < 4.78 is 16.7. The van der Waals surface area contributed by atoms with Crippen LogP contribution < -0.4 is 0 Å². The standard InChI is InChI=1S/C60H94O6/c1-4-7-10-13-16-19-22-25-27-29-31-32-35-38-41-44-47-50-53-59(62)65-56-57(55-64-58(61)52-49-46-43-40-37-34-24-21-18-15-12-9-6-3)66-60(63)54-51-48-45-42-39-36-33-30-28-26-23-20-17-14-11-8-5-2/h8-9,11-12,14-15,17-18,20-21,23-24,26-33,36,39,57H,4-7,10,13,16,19,22,25,34-35,37-38,40-56H2,1-3H3/b11-8-,12-9-,17-14-,18-15-,23-20-,24-21-,28-26-,29-27-,32-31-,33-30+,39-36-. The molecule has 0 N–H and O–H groups in total. The van der Waals surface area contributed by atoms with Gasteiger partial charge in [-0.2, -0.15) is 0 Å². The molecule has 0 aliphatic carbocycles. The zero-order valence-corrected chi connectivity index (χ0v) is 42.1. The molecule has 6 nitrogen and oxygen atoms in total. The monoisotopic (exact) mass is 911 g/mol. The fraction of sp³-hybridized carbons (Fsp3) is 0.583. The van der Waals surface area contributed by atoms with Crippen LogP contribution >= 0.6 is 0 Å². The second-order valence-corrected chi connectivity index (χ2v) is 16.9. The molecule has 0 saturated carbocycles. The van der Waals surface area contributed by atoms with Crippen LogP contribution in [0, 0.1) is 0 Å². The van der Waals surface area contributed by atoms with Gasteiger partial charge in [0.2, 0.25) is 0 Å². The van der Waals surface area contributed by atoms with Gasteiger partial charge in [-0.15, -0.1) is 0 Å². The van der Waals surface area contributed by atoms with Gasteiger partial charge in [-0.1, -0.05) is 238 Å². The molecular weight excluding hydrogens is 817 g/mol. The van der Waals surface area contributed by atoms with Gasteiger partial charge in [0, 0.05) is 19.3 Å². The van der Waals surface area contributed by atoms with Gasteiger partial charge in [-0.05, 0) is 83.5 Å². The average Bonchev–Trinajstić information content (AvgIpc) is 3.31. The Morgan fingerprint density at radius 1 is 0.318 bits per heavy atom. The summed E-state index contributed by atoms with van der Waals surface area (Å²) in [6, 6.07) is 0. The van der Waals surface area contributed by atoms with Crippen molar-refractivity contribution in [3.63, 3.8) is 0 Å². The largest absolute Gasteiger partial charge is 0.462 e. The lowest BCUT2D eigenvalue weighted by Gasteiger charge is -2.18. The Labute approximate surface area is 405 Å². The Bertz CT molecular complexity index is 1460. The highest BCUT2D eigenvalue weighted by Gasteiger charge is 2.19. The molecule has 0 fully saturated rings. The summed E-state index contributed by atoms with van der Waals surface area (Å²) in [5.41, 5.74) is 0. The predicted molar refractivity (Wildman–Crippen MR) is 283 cm³/mol. The number of allylic oxidation sites excluding steroid dienone is 22. The average molecular weight is 911 g/mol. The van der Waals surface area contributed by atoms with Crippen LogP contribution in [0.2, 0.25) is 0 Å². The first-order valence-corrected chi connectivity index (χ1v) is 26.3. The van der Waals surface area contributed by atoms with E-state index in [0.29, 0.717) is 19.3 Å². The molecule has 0 bridgehead atoms. The number of hydrogen-bond acceptors (Lipinski definition) is 6. The molecule has 0 radical (unpaired) electrons. The molecule has 0 aromatic carbocycles. The molecule has 66 heavy (non-hydrogen) atoms. The summed E-state index contributed by atoms with van der Waals surface area (Å²) in [7, 11) is 0. The van der Waals surface area contributed by atoms with Gasteiger partial charge in [0.25, 0.3) is 0 Å². The molecule has 0 amide bonds. The van der Waals surface area contributed by atoms with Gasteiger partial charge in [-0.3, -0.25) is 14.4 Å². The van der Waals surface area contributed by atoms with Gasteiger partial charge in [0.15, 0.2) is 6.10 Å². The van der Waals surface area contributed by atoms with Crippen molar-refractivity contribution in [2.24, 2.45) is 0 Å². The van der Waals surface area contributed by atoms with Crippen molar-refractivity contribution in [1.82, 2.24) is 0 Å². The van der Waals surface area contributed by atoms with Gasteiger partial charge < -0.3 is 14.2 Å². The molecule has 0 aliphatic heterocycles. The first-order valence-electron chi connectivity index (χ1n) is 26.3. The summed E-state index contributed by atoms with van der Waals surface area (Å²) in [6.45, 7) is 6.27. The molecule has 1 atom stereocenters. The molecule has 0 aromatic heterocycles. The van der Waals surface area contributed by atoms with E-state index in [1.807, 2.05) is 66.8 Å². The Balaban J connectivity index is 4.55. The quantitative estimate of drug-likeness (QED) is 0.0262. The van der Waals surface area contributed by atoms with Crippen molar-refractivity contribution in [1.29, 1.82) is 0 Å². The van der Waals surface area contributed by atoms with Gasteiger partial charge in [-0.25, -0.2) is 0 Å². The van der Waals surface area contributed by atoms with E-state index < -0.39 is 6.10 Å². The number of rotatable bonds is 45. The Morgan fingerprint density at radius 3 is 0.955 bits per heavy atom. The highest BCUT2D eigenvalue weighted by atomic mass is 16.6. The normalized spacial score (nSPS) is 13.2. The lowest BCUT2D eigenvalue weighted by molar-refractivity contribution is -0.167. The number of carbonyl (C=O) groups excluding carboxylic acids is 3. The molecule has 370 valence electrons. The number of hydrogen-bond donors (Lipinski definition) is 0. The van der Waals surface area contributed by atoms with Crippen LogP contribution in [0.4, 0.5) is 0 Å². The van der Waals surface area contributed by atoms with Crippen molar-refractivity contribution >= 4 is 17.9 Å². The molecule has 0 saturated heterocycles. The third-order valence-electron chi connectivity index (χ3n) is 10.6. The number of carbonyl (C=O) groups is 3. The van der Waals surface area contributed by atoms with E-state index in [1.54, 1.807) is 0 Å². The van der Waals surface area contributed by atoms with Crippen molar-refractivity contribution in [3.05, 3.63) is 134 Å². The topological polar surface area (TPSA) is 78.9 Å².